The van der Waals surface area contributed by atoms with Crippen molar-refractivity contribution in [1.29, 1.82) is 0 Å². The van der Waals surface area contributed by atoms with Crippen LogP contribution < -0.4 is 10.6 Å². The van der Waals surface area contributed by atoms with Crippen LogP contribution in [0.5, 0.6) is 0 Å². The van der Waals surface area contributed by atoms with E-state index in [-0.39, 0.29) is 5.75 Å². The van der Waals surface area contributed by atoms with Gasteiger partial charge in [0.05, 0.1) is 5.75 Å². The van der Waals surface area contributed by atoms with Crippen LogP contribution >= 0.6 is 0 Å². The van der Waals surface area contributed by atoms with E-state index in [4.69, 9.17) is 4.99 Å². The maximum Gasteiger partial charge on any atom is 0.191 e. The number of guanidine groups is 1. The van der Waals surface area contributed by atoms with E-state index >= 15 is 0 Å². The Morgan fingerprint density at radius 3 is 2.68 bits per heavy atom. The van der Waals surface area contributed by atoms with Crippen molar-refractivity contribution in [3.63, 3.8) is 0 Å². The van der Waals surface area contributed by atoms with Crippen LogP contribution in [0.25, 0.3) is 0 Å². The average Bonchev–Trinajstić information content (AvgIpc) is 3.05. The number of nitrogens with zero attached hydrogens (tertiary/aromatic N) is 4. The van der Waals surface area contributed by atoms with Gasteiger partial charge in [-0.1, -0.05) is 13.8 Å². The number of sulfone groups is 1. The molecule has 28 heavy (non-hydrogen) atoms. The first-order valence-electron chi connectivity index (χ1n) is 10.2. The van der Waals surface area contributed by atoms with Gasteiger partial charge in [-0.3, -0.25) is 0 Å². The van der Waals surface area contributed by atoms with Gasteiger partial charge in [-0.05, 0) is 25.7 Å². The molecule has 0 spiro atoms. The summed E-state index contributed by atoms with van der Waals surface area (Å²) >= 11 is 0. The molecule has 9 heteroatoms. The van der Waals surface area contributed by atoms with Crippen molar-refractivity contribution in [2.45, 2.75) is 52.7 Å². The second-order valence-corrected chi connectivity index (χ2v) is 10.2. The summed E-state index contributed by atoms with van der Waals surface area (Å²) in [5.41, 5.74) is 0. The molecule has 2 heterocycles. The van der Waals surface area contributed by atoms with Gasteiger partial charge in [-0.25, -0.2) is 18.4 Å². The first-order chi connectivity index (χ1) is 13.3. The van der Waals surface area contributed by atoms with E-state index in [1.54, 1.807) is 0 Å². The van der Waals surface area contributed by atoms with Crippen LogP contribution in [-0.2, 0) is 22.9 Å². The van der Waals surface area contributed by atoms with Gasteiger partial charge in [0.15, 0.2) is 5.96 Å². The molecule has 0 aliphatic carbocycles. The predicted molar refractivity (Wildman–Crippen MR) is 114 cm³/mol. The summed E-state index contributed by atoms with van der Waals surface area (Å²) in [4.78, 5) is 11.4. The monoisotopic (exact) mass is 412 g/mol. The highest BCUT2D eigenvalue weighted by atomic mass is 32.2. The Morgan fingerprint density at radius 1 is 1.36 bits per heavy atom. The predicted octanol–water partition coefficient (Wildman–Crippen LogP) is 1.10. The van der Waals surface area contributed by atoms with Gasteiger partial charge in [-0.15, -0.1) is 0 Å². The van der Waals surface area contributed by atoms with Gasteiger partial charge in [0.1, 0.15) is 22.2 Å². The molecule has 1 aliphatic heterocycles. The second-order valence-electron chi connectivity index (χ2n) is 7.97. The number of aromatic nitrogens is 2. The summed E-state index contributed by atoms with van der Waals surface area (Å²) in [6.07, 6.45) is 7.11. The van der Waals surface area contributed by atoms with Crippen molar-refractivity contribution in [3.8, 4) is 0 Å². The lowest BCUT2D eigenvalue weighted by Crippen LogP contribution is -2.49. The normalized spacial score (nSPS) is 17.2. The zero-order valence-electron chi connectivity index (χ0n) is 17.7. The first kappa shape index (κ1) is 22.7. The van der Waals surface area contributed by atoms with Crippen LogP contribution in [0, 0.1) is 5.92 Å². The lowest BCUT2D eigenvalue weighted by Gasteiger charge is -2.32. The second kappa shape index (κ2) is 10.8. The van der Waals surface area contributed by atoms with E-state index in [1.807, 2.05) is 12.4 Å². The molecule has 0 bridgehead atoms. The number of imidazole rings is 1. The van der Waals surface area contributed by atoms with Crippen LogP contribution in [0.15, 0.2) is 17.4 Å². The van der Waals surface area contributed by atoms with Crippen LogP contribution in [0.4, 0.5) is 0 Å². The number of likely N-dealkylation sites (tertiary alicyclic amines) is 1. The van der Waals surface area contributed by atoms with E-state index in [9.17, 15) is 8.42 Å². The fourth-order valence-electron chi connectivity index (χ4n) is 3.31. The maximum atomic E-state index is 11.3. The maximum absolute atomic E-state index is 11.3. The minimum Gasteiger partial charge on any atom is -0.357 e. The molecule has 2 N–H and O–H groups in total. The van der Waals surface area contributed by atoms with Gasteiger partial charge >= 0.3 is 0 Å². The Hall–Kier alpha value is -1.61. The molecule has 1 aromatic heterocycles. The third-order valence-electron chi connectivity index (χ3n) is 4.79. The van der Waals surface area contributed by atoms with E-state index in [0.29, 0.717) is 25.0 Å². The number of hydrogen-bond donors (Lipinski definition) is 2. The van der Waals surface area contributed by atoms with Crippen molar-refractivity contribution in [2.24, 2.45) is 10.9 Å². The van der Waals surface area contributed by atoms with Gasteiger partial charge in [0.25, 0.3) is 0 Å². The third kappa shape index (κ3) is 8.18. The number of rotatable bonds is 9. The molecule has 0 saturated carbocycles. The highest BCUT2D eigenvalue weighted by Gasteiger charge is 2.20. The molecule has 8 nitrogen and oxygen atoms in total. The molecule has 1 fully saturated rings. The van der Waals surface area contributed by atoms with Crippen LogP contribution in [-0.4, -0.2) is 73.1 Å². The highest BCUT2D eigenvalue weighted by molar-refractivity contribution is 7.90. The van der Waals surface area contributed by atoms with E-state index in [2.05, 4.69) is 45.9 Å². The molecular formula is C19H36N6O2S. The van der Waals surface area contributed by atoms with E-state index in [1.165, 1.54) is 6.26 Å². The molecule has 1 aliphatic rings. The Morgan fingerprint density at radius 2 is 2.07 bits per heavy atom. The Balaban J connectivity index is 1.86. The minimum absolute atomic E-state index is 0.234. The molecule has 0 amide bonds. The number of nitrogens with one attached hydrogen (secondary N) is 2. The number of hydrogen-bond acceptors (Lipinski definition) is 5. The van der Waals surface area contributed by atoms with Crippen molar-refractivity contribution in [2.75, 3.05) is 38.2 Å². The Bertz CT molecular complexity index is 721. The van der Waals surface area contributed by atoms with Gasteiger partial charge in [0, 0.05) is 57.4 Å². The minimum atomic E-state index is -2.90. The first-order valence-corrected chi connectivity index (χ1v) is 12.3. The van der Waals surface area contributed by atoms with Crippen LogP contribution in [0.1, 0.15) is 39.4 Å². The quantitative estimate of drug-likeness (QED) is 0.466. The standard InChI is InChI=1S/C19H36N6O2S/c1-5-20-19(22-14-18-21-8-11-25(18)15-16(2)3)23-17-6-9-24(10-7-17)12-13-28(4,26)27/h8,11,16-17H,5-7,9-10,12-15H2,1-4H3,(H2,20,22,23). The largest absolute Gasteiger partial charge is 0.357 e. The van der Waals surface area contributed by atoms with E-state index in [0.717, 1.165) is 50.8 Å². The summed E-state index contributed by atoms with van der Waals surface area (Å²) in [6, 6.07) is 0.350. The SMILES string of the molecule is CCNC(=NCc1nccn1CC(C)C)NC1CCN(CCS(C)(=O)=O)CC1. The lowest BCUT2D eigenvalue weighted by molar-refractivity contribution is 0.216. The molecule has 2 rings (SSSR count). The zero-order valence-corrected chi connectivity index (χ0v) is 18.5. The van der Waals surface area contributed by atoms with Crippen molar-refractivity contribution < 1.29 is 8.42 Å². The van der Waals surface area contributed by atoms with Crippen LogP contribution in [0.3, 0.4) is 0 Å². The molecule has 0 radical (unpaired) electrons. The fraction of sp³-hybridized carbons (Fsp3) is 0.789. The smallest absolute Gasteiger partial charge is 0.191 e. The fourth-order valence-corrected chi connectivity index (χ4v) is 3.90. The van der Waals surface area contributed by atoms with E-state index < -0.39 is 9.84 Å². The van der Waals surface area contributed by atoms with Gasteiger partial charge in [-0.2, -0.15) is 0 Å². The van der Waals surface area contributed by atoms with Crippen LogP contribution in [0.2, 0.25) is 0 Å². The summed E-state index contributed by atoms with van der Waals surface area (Å²) in [5.74, 6) is 2.59. The summed E-state index contributed by atoms with van der Waals surface area (Å²) < 4.78 is 24.8. The third-order valence-corrected chi connectivity index (χ3v) is 5.72. The van der Waals surface area contributed by atoms with Gasteiger partial charge < -0.3 is 20.1 Å². The van der Waals surface area contributed by atoms with Crippen molar-refractivity contribution >= 4 is 15.8 Å². The molecule has 0 aromatic carbocycles. The van der Waals surface area contributed by atoms with Crippen molar-refractivity contribution in [3.05, 3.63) is 18.2 Å². The molecule has 0 unspecified atom stereocenters. The summed E-state index contributed by atoms with van der Waals surface area (Å²) in [7, 11) is -2.90. The average molecular weight is 413 g/mol. The molecule has 0 atom stereocenters. The molecule has 1 saturated heterocycles. The van der Waals surface area contributed by atoms with Gasteiger partial charge in [0.2, 0.25) is 0 Å². The molecule has 1 aromatic rings. The summed E-state index contributed by atoms with van der Waals surface area (Å²) in [5, 5.41) is 6.85. The zero-order chi connectivity index (χ0) is 20.6. The molecular weight excluding hydrogens is 376 g/mol. The topological polar surface area (TPSA) is 91.6 Å². The summed E-state index contributed by atoms with van der Waals surface area (Å²) in [6.45, 7) is 11.2. The molecule has 160 valence electrons. The number of piperidine rings is 1. The number of aliphatic imine (C=N–C) groups is 1. The Kier molecular flexibility index (Phi) is 8.75. The van der Waals surface area contributed by atoms with Crippen molar-refractivity contribution in [1.82, 2.24) is 25.1 Å². The highest BCUT2D eigenvalue weighted by Crippen LogP contribution is 2.11. The lowest BCUT2D eigenvalue weighted by atomic mass is 10.1. The Labute approximate surface area is 169 Å².